The summed E-state index contributed by atoms with van der Waals surface area (Å²) in [6.45, 7) is 0.630. The zero-order chi connectivity index (χ0) is 19.0. The third-order valence-electron chi connectivity index (χ3n) is 3.94. The van der Waals surface area contributed by atoms with Crippen molar-refractivity contribution in [3.8, 4) is 0 Å². The number of nitro benzene ring substituents is 1. The topological polar surface area (TPSA) is 80.5 Å². The SMILES string of the molecule is O=[N+]([O-])c1ccccc1S(=O)(=O)N(CCCBr)CCCc1ccccc1. The predicted molar refractivity (Wildman–Crippen MR) is 105 cm³/mol. The fraction of sp³-hybridized carbons (Fsp3) is 0.333. The van der Waals surface area contributed by atoms with Crippen molar-refractivity contribution in [3.05, 3.63) is 70.3 Å². The summed E-state index contributed by atoms with van der Waals surface area (Å²) in [4.78, 5) is 10.3. The highest BCUT2D eigenvalue weighted by atomic mass is 79.9. The first-order valence-electron chi connectivity index (χ1n) is 8.30. The van der Waals surface area contributed by atoms with E-state index in [9.17, 15) is 18.5 Å². The molecule has 0 aliphatic carbocycles. The van der Waals surface area contributed by atoms with E-state index in [-0.39, 0.29) is 10.6 Å². The molecule has 140 valence electrons. The second-order valence-corrected chi connectivity index (χ2v) is 8.46. The molecular formula is C18H21BrN2O4S. The maximum atomic E-state index is 13.0. The van der Waals surface area contributed by atoms with Gasteiger partial charge in [0.15, 0.2) is 4.90 Å². The van der Waals surface area contributed by atoms with Crippen molar-refractivity contribution in [1.82, 2.24) is 4.31 Å². The molecule has 2 aromatic rings. The fourth-order valence-corrected chi connectivity index (χ4v) is 4.58. The first-order valence-corrected chi connectivity index (χ1v) is 10.9. The summed E-state index contributed by atoms with van der Waals surface area (Å²) in [7, 11) is -3.93. The summed E-state index contributed by atoms with van der Waals surface area (Å²) >= 11 is 3.31. The first kappa shape index (κ1) is 20.5. The lowest BCUT2D eigenvalue weighted by atomic mass is 10.1. The first-order chi connectivity index (χ1) is 12.5. The van der Waals surface area contributed by atoms with E-state index >= 15 is 0 Å². The van der Waals surface area contributed by atoms with Gasteiger partial charge >= 0.3 is 0 Å². The number of nitrogens with zero attached hydrogens (tertiary/aromatic N) is 2. The number of rotatable bonds is 10. The highest BCUT2D eigenvalue weighted by Gasteiger charge is 2.30. The Labute approximate surface area is 162 Å². The smallest absolute Gasteiger partial charge is 0.258 e. The third kappa shape index (κ3) is 5.36. The molecule has 0 heterocycles. The molecule has 0 saturated carbocycles. The summed E-state index contributed by atoms with van der Waals surface area (Å²) in [6.07, 6.45) is 2.02. The Morgan fingerprint density at radius 3 is 2.23 bits per heavy atom. The van der Waals surface area contributed by atoms with Crippen LogP contribution in [0.1, 0.15) is 18.4 Å². The number of halogens is 1. The molecule has 0 bridgehead atoms. The predicted octanol–water partition coefficient (Wildman–Crippen LogP) is 4.00. The van der Waals surface area contributed by atoms with E-state index < -0.39 is 14.9 Å². The standard InChI is InChI=1S/C18H21BrN2O4S/c19-13-7-15-20(14-6-10-16-8-2-1-3-9-16)26(24,25)18-12-5-4-11-17(18)21(22)23/h1-5,8-9,11-12H,6-7,10,13-15H2. The molecule has 0 aromatic heterocycles. The van der Waals surface area contributed by atoms with Crippen molar-refractivity contribution in [3.63, 3.8) is 0 Å². The van der Waals surface area contributed by atoms with Crippen LogP contribution in [0.2, 0.25) is 0 Å². The van der Waals surface area contributed by atoms with Gasteiger partial charge in [0.2, 0.25) is 10.0 Å². The van der Waals surface area contributed by atoms with Crippen molar-refractivity contribution in [2.45, 2.75) is 24.2 Å². The molecule has 0 radical (unpaired) electrons. The van der Waals surface area contributed by atoms with Crippen LogP contribution in [0.15, 0.2) is 59.5 Å². The Kier molecular flexibility index (Phi) is 7.74. The molecule has 0 aliphatic rings. The molecule has 0 atom stereocenters. The van der Waals surface area contributed by atoms with Crippen LogP contribution in [0.3, 0.4) is 0 Å². The van der Waals surface area contributed by atoms with Gasteiger partial charge in [0.25, 0.3) is 5.69 Å². The number of hydrogen-bond donors (Lipinski definition) is 0. The van der Waals surface area contributed by atoms with Crippen LogP contribution in [-0.4, -0.2) is 36.1 Å². The molecule has 0 fully saturated rings. The zero-order valence-corrected chi connectivity index (χ0v) is 16.7. The van der Waals surface area contributed by atoms with Gasteiger partial charge in [-0.3, -0.25) is 10.1 Å². The van der Waals surface area contributed by atoms with E-state index in [0.29, 0.717) is 31.3 Å². The van der Waals surface area contributed by atoms with Crippen LogP contribution in [0.25, 0.3) is 0 Å². The van der Waals surface area contributed by atoms with E-state index in [0.717, 1.165) is 12.0 Å². The number of aryl methyl sites for hydroxylation is 1. The highest BCUT2D eigenvalue weighted by Crippen LogP contribution is 2.26. The van der Waals surface area contributed by atoms with Gasteiger partial charge in [-0.15, -0.1) is 0 Å². The van der Waals surface area contributed by atoms with Gasteiger partial charge in [0.1, 0.15) is 0 Å². The van der Waals surface area contributed by atoms with Gasteiger partial charge in [-0.05, 0) is 30.9 Å². The number of sulfonamides is 1. The molecule has 0 unspecified atom stereocenters. The van der Waals surface area contributed by atoms with Crippen LogP contribution in [0.5, 0.6) is 0 Å². The van der Waals surface area contributed by atoms with Crippen LogP contribution >= 0.6 is 15.9 Å². The van der Waals surface area contributed by atoms with Crippen LogP contribution in [-0.2, 0) is 16.4 Å². The largest absolute Gasteiger partial charge is 0.289 e. The maximum absolute atomic E-state index is 13.0. The van der Waals surface area contributed by atoms with E-state index in [2.05, 4.69) is 15.9 Å². The molecule has 0 amide bonds. The van der Waals surface area contributed by atoms with E-state index in [1.54, 1.807) is 0 Å². The Bertz CT molecular complexity index is 828. The van der Waals surface area contributed by atoms with Gasteiger partial charge in [-0.25, -0.2) is 8.42 Å². The van der Waals surface area contributed by atoms with Gasteiger partial charge in [-0.2, -0.15) is 4.31 Å². The summed E-state index contributed by atoms with van der Waals surface area (Å²) in [6, 6.07) is 15.3. The van der Waals surface area contributed by atoms with Crippen molar-refractivity contribution in [2.24, 2.45) is 0 Å². The minimum atomic E-state index is -3.93. The highest BCUT2D eigenvalue weighted by molar-refractivity contribution is 9.09. The van der Waals surface area contributed by atoms with Crippen LogP contribution in [0, 0.1) is 10.1 Å². The third-order valence-corrected chi connectivity index (χ3v) is 6.44. The molecule has 2 rings (SSSR count). The van der Waals surface area contributed by atoms with Crippen molar-refractivity contribution in [1.29, 1.82) is 0 Å². The molecule has 0 N–H and O–H groups in total. The van der Waals surface area contributed by atoms with Crippen molar-refractivity contribution < 1.29 is 13.3 Å². The number of hydrogen-bond acceptors (Lipinski definition) is 4. The van der Waals surface area contributed by atoms with Gasteiger partial charge in [-0.1, -0.05) is 58.4 Å². The average molecular weight is 441 g/mol. The van der Waals surface area contributed by atoms with Gasteiger partial charge < -0.3 is 0 Å². The van der Waals surface area contributed by atoms with Gasteiger partial charge in [0, 0.05) is 24.5 Å². The lowest BCUT2D eigenvalue weighted by Crippen LogP contribution is -2.33. The summed E-state index contributed by atoms with van der Waals surface area (Å²) in [5, 5.41) is 11.9. The molecule has 0 spiro atoms. The Balaban J connectivity index is 2.20. The van der Waals surface area contributed by atoms with E-state index in [1.807, 2.05) is 30.3 Å². The summed E-state index contributed by atoms with van der Waals surface area (Å²) in [5.74, 6) is 0. The van der Waals surface area contributed by atoms with Crippen LogP contribution < -0.4 is 0 Å². The lowest BCUT2D eigenvalue weighted by molar-refractivity contribution is -0.387. The van der Waals surface area contributed by atoms with Crippen molar-refractivity contribution >= 4 is 31.6 Å². The second-order valence-electron chi connectivity index (χ2n) is 5.76. The molecule has 0 saturated heterocycles. The number of alkyl halides is 1. The molecule has 2 aromatic carbocycles. The summed E-state index contributed by atoms with van der Waals surface area (Å²) in [5.41, 5.74) is 0.746. The molecule has 8 heteroatoms. The molecule has 26 heavy (non-hydrogen) atoms. The van der Waals surface area contributed by atoms with Gasteiger partial charge in [0.05, 0.1) is 4.92 Å². The monoisotopic (exact) mass is 440 g/mol. The zero-order valence-electron chi connectivity index (χ0n) is 14.3. The van der Waals surface area contributed by atoms with Crippen molar-refractivity contribution in [2.75, 3.05) is 18.4 Å². The van der Waals surface area contributed by atoms with Crippen LogP contribution in [0.4, 0.5) is 5.69 Å². The minimum Gasteiger partial charge on any atom is -0.258 e. The Morgan fingerprint density at radius 1 is 0.962 bits per heavy atom. The minimum absolute atomic E-state index is 0.251. The van der Waals surface area contributed by atoms with E-state index in [1.165, 1.54) is 28.6 Å². The Morgan fingerprint density at radius 2 is 1.58 bits per heavy atom. The summed E-state index contributed by atoms with van der Waals surface area (Å²) < 4.78 is 27.4. The average Bonchev–Trinajstić information content (AvgIpc) is 2.65. The number of benzene rings is 2. The quantitative estimate of drug-likeness (QED) is 0.317. The number of para-hydroxylation sites is 1. The normalized spacial score (nSPS) is 11.6. The fourth-order valence-electron chi connectivity index (χ4n) is 2.66. The lowest BCUT2D eigenvalue weighted by Gasteiger charge is -2.22. The molecule has 6 nitrogen and oxygen atoms in total. The van der Waals surface area contributed by atoms with E-state index in [4.69, 9.17) is 0 Å². The second kappa shape index (κ2) is 9.80. The molecular weight excluding hydrogens is 420 g/mol. The molecule has 0 aliphatic heterocycles. The number of nitro groups is 1. The maximum Gasteiger partial charge on any atom is 0.289 e. The Hall–Kier alpha value is -1.77.